The highest BCUT2D eigenvalue weighted by atomic mass is 32.2. The first-order chi connectivity index (χ1) is 19.7. The molecule has 3 aliphatic heterocycles. The molecular weight excluding hydrogens is 548 g/mol. The van der Waals surface area contributed by atoms with E-state index in [1.807, 2.05) is 53.2 Å². The first kappa shape index (κ1) is 29.3. The number of sulfonamides is 1. The third kappa shape index (κ3) is 6.34. The van der Waals surface area contributed by atoms with Gasteiger partial charge in [0, 0.05) is 44.2 Å². The maximum atomic E-state index is 13.9. The van der Waals surface area contributed by atoms with Crippen molar-refractivity contribution in [1.82, 2.24) is 9.21 Å². The van der Waals surface area contributed by atoms with Gasteiger partial charge in [-0.25, -0.2) is 17.3 Å². The minimum atomic E-state index is -3.33. The number of aliphatic carboxylic acids is 1. The van der Waals surface area contributed by atoms with Crippen molar-refractivity contribution in [3.05, 3.63) is 48.3 Å². The predicted octanol–water partition coefficient (Wildman–Crippen LogP) is 1.97. The second-order valence-corrected chi connectivity index (χ2v) is 13.2. The number of fused-ring (bicyclic) bond motifs is 1. The number of benzene rings is 1. The van der Waals surface area contributed by atoms with Gasteiger partial charge >= 0.3 is 5.97 Å². The number of carboxylic acid groups (broad SMARTS) is 1. The average molecular weight is 588 g/mol. The summed E-state index contributed by atoms with van der Waals surface area (Å²) in [7, 11) is -1.43. The largest absolute Gasteiger partial charge is 0.481 e. The van der Waals surface area contributed by atoms with Crippen LogP contribution < -0.4 is 18.9 Å². The molecule has 1 amide bonds. The third-order valence-corrected chi connectivity index (χ3v) is 10.3. The Morgan fingerprint density at radius 1 is 1.20 bits per heavy atom. The molecule has 2 saturated heterocycles. The molecule has 0 radical (unpaired) electrons. The fourth-order valence-corrected chi connectivity index (χ4v) is 7.80. The maximum absolute atomic E-state index is 13.9. The normalized spacial score (nSPS) is 23.6. The molecule has 2 fully saturated rings. The Morgan fingerprint density at radius 2 is 2.00 bits per heavy atom. The Balaban J connectivity index is 1.44. The summed E-state index contributed by atoms with van der Waals surface area (Å²) >= 11 is 0. The molecule has 0 saturated carbocycles. The van der Waals surface area contributed by atoms with Crippen molar-refractivity contribution in [3.63, 3.8) is 0 Å². The molecule has 1 aromatic carbocycles. The van der Waals surface area contributed by atoms with Gasteiger partial charge in [0.1, 0.15) is 12.7 Å². The Hall–Kier alpha value is -3.22. The summed E-state index contributed by atoms with van der Waals surface area (Å²) in [6, 6.07) is 8.75. The van der Waals surface area contributed by atoms with Crippen LogP contribution in [-0.2, 0) is 26.7 Å². The summed E-state index contributed by atoms with van der Waals surface area (Å²) in [5.41, 5.74) is 1.59. The molecule has 0 spiro atoms. The number of likely N-dealkylation sites (tertiary alicyclic amines) is 1. The summed E-state index contributed by atoms with van der Waals surface area (Å²) in [5.74, 6) is -1.01. The van der Waals surface area contributed by atoms with E-state index in [1.165, 1.54) is 4.31 Å². The number of rotatable bonds is 11. The van der Waals surface area contributed by atoms with Gasteiger partial charge in [-0.2, -0.15) is 0 Å². The second-order valence-electron chi connectivity index (χ2n) is 11.1. The Kier molecular flexibility index (Phi) is 8.81. The van der Waals surface area contributed by atoms with Gasteiger partial charge in [-0.15, -0.1) is 0 Å². The van der Waals surface area contributed by atoms with Crippen LogP contribution in [0.2, 0.25) is 0 Å². The van der Waals surface area contributed by atoms with Crippen molar-refractivity contribution >= 4 is 27.6 Å². The minimum absolute atomic E-state index is 0.0323. The highest BCUT2D eigenvalue weighted by Crippen LogP contribution is 2.43. The van der Waals surface area contributed by atoms with E-state index >= 15 is 0 Å². The lowest BCUT2D eigenvalue weighted by atomic mass is 9.84. The van der Waals surface area contributed by atoms with Crippen molar-refractivity contribution in [3.8, 4) is 11.5 Å². The first-order valence-electron chi connectivity index (χ1n) is 14.3. The molecule has 2 aromatic rings. The van der Waals surface area contributed by atoms with E-state index in [9.17, 15) is 23.1 Å². The summed E-state index contributed by atoms with van der Waals surface area (Å²) in [6.07, 6.45) is 6.45. The molecule has 3 aliphatic rings. The number of carbonyl (C=O) groups excluding carboxylic acids is 1. The molecule has 1 aromatic heterocycles. The number of amides is 1. The van der Waals surface area contributed by atoms with Gasteiger partial charge in [0.25, 0.3) is 0 Å². The van der Waals surface area contributed by atoms with Crippen LogP contribution in [0.3, 0.4) is 0 Å². The van der Waals surface area contributed by atoms with E-state index in [2.05, 4.69) is 6.92 Å². The van der Waals surface area contributed by atoms with Crippen LogP contribution >= 0.6 is 0 Å². The van der Waals surface area contributed by atoms with Gasteiger partial charge in [-0.1, -0.05) is 19.4 Å². The summed E-state index contributed by atoms with van der Waals surface area (Å²) in [5, 5.41) is 10.5. The fraction of sp³-hybridized carbons (Fsp3) is 0.552. The molecule has 3 atom stereocenters. The summed E-state index contributed by atoms with van der Waals surface area (Å²) in [4.78, 5) is 30.4. The van der Waals surface area contributed by atoms with Crippen LogP contribution in [-0.4, -0.2) is 85.9 Å². The maximum Gasteiger partial charge on any atom is 0.308 e. The SMILES string of the molecule is CCCCN(C(=O)CN1C[C@H](c2ccc3c(c2)OCO3)[C@@H](C(=O)O)[C@@H]1CCN1CCCS1(=O)=O)c1ccc[n+](C)c1. The Morgan fingerprint density at radius 3 is 2.71 bits per heavy atom. The average Bonchev–Trinajstić information content (AvgIpc) is 3.63. The van der Waals surface area contributed by atoms with E-state index in [-0.39, 0.29) is 31.5 Å². The number of carbonyl (C=O) groups is 2. The number of aryl methyl sites for hydroxylation is 1. The van der Waals surface area contributed by atoms with Gasteiger partial charge in [0.2, 0.25) is 22.7 Å². The smallest absolute Gasteiger partial charge is 0.308 e. The number of hydrogen-bond donors (Lipinski definition) is 1. The first-order valence-corrected chi connectivity index (χ1v) is 15.9. The number of pyridine rings is 1. The lowest BCUT2D eigenvalue weighted by Crippen LogP contribution is -2.46. The van der Waals surface area contributed by atoms with E-state index in [0.29, 0.717) is 44.0 Å². The zero-order chi connectivity index (χ0) is 29.1. The predicted molar refractivity (Wildman–Crippen MR) is 151 cm³/mol. The molecule has 0 aliphatic carbocycles. The number of hydrogen-bond acceptors (Lipinski definition) is 7. The van der Waals surface area contributed by atoms with Crippen LogP contribution in [0.5, 0.6) is 11.5 Å². The molecule has 0 bridgehead atoms. The van der Waals surface area contributed by atoms with Crippen LogP contribution in [0, 0.1) is 5.92 Å². The quantitative estimate of drug-likeness (QED) is 0.397. The highest BCUT2D eigenvalue weighted by molar-refractivity contribution is 7.89. The molecule has 4 heterocycles. The minimum Gasteiger partial charge on any atom is -0.481 e. The molecular formula is C29H39N4O7S+. The molecule has 41 heavy (non-hydrogen) atoms. The number of nitrogens with zero attached hydrogens (tertiary/aromatic N) is 4. The molecule has 222 valence electrons. The fourth-order valence-electron chi connectivity index (χ4n) is 6.26. The molecule has 1 N–H and O–H groups in total. The summed E-state index contributed by atoms with van der Waals surface area (Å²) in [6.45, 7) is 3.79. The molecule has 0 unspecified atom stereocenters. The number of ether oxygens (including phenoxy) is 2. The molecule has 11 nitrogen and oxygen atoms in total. The topological polar surface area (TPSA) is 121 Å². The van der Waals surface area contributed by atoms with E-state index in [1.54, 1.807) is 11.0 Å². The molecule has 5 rings (SSSR count). The number of aromatic nitrogens is 1. The van der Waals surface area contributed by atoms with E-state index in [4.69, 9.17) is 9.47 Å². The number of carboxylic acids is 1. The lowest BCUT2D eigenvalue weighted by molar-refractivity contribution is -0.670. The summed E-state index contributed by atoms with van der Waals surface area (Å²) < 4.78 is 39.4. The Bertz CT molecular complexity index is 1380. The van der Waals surface area contributed by atoms with Crippen molar-refractivity contribution < 1.29 is 37.2 Å². The Labute approximate surface area is 241 Å². The second kappa shape index (κ2) is 12.3. The zero-order valence-electron chi connectivity index (χ0n) is 23.6. The van der Waals surface area contributed by atoms with Gasteiger partial charge in [-0.3, -0.25) is 14.5 Å². The van der Waals surface area contributed by atoms with Crippen LogP contribution in [0.1, 0.15) is 44.1 Å². The van der Waals surface area contributed by atoms with Crippen molar-refractivity contribution in [2.75, 3.05) is 50.2 Å². The van der Waals surface area contributed by atoms with Crippen molar-refractivity contribution in [2.24, 2.45) is 13.0 Å². The van der Waals surface area contributed by atoms with Crippen LogP contribution in [0.25, 0.3) is 0 Å². The van der Waals surface area contributed by atoms with Gasteiger partial charge in [0.15, 0.2) is 23.9 Å². The monoisotopic (exact) mass is 587 g/mol. The van der Waals surface area contributed by atoms with Gasteiger partial charge in [0.05, 0.1) is 18.2 Å². The third-order valence-electron chi connectivity index (χ3n) is 8.35. The van der Waals surface area contributed by atoms with Crippen molar-refractivity contribution in [1.29, 1.82) is 0 Å². The number of anilines is 1. The van der Waals surface area contributed by atoms with E-state index < -0.39 is 33.9 Å². The van der Waals surface area contributed by atoms with Crippen molar-refractivity contribution in [2.45, 2.75) is 44.6 Å². The standard InChI is InChI=1S/C29H38N4O7S/c1-3-4-13-33(22-7-5-11-30(2)17-22)27(34)19-31-18-23(21-8-9-25-26(16-21)40-20-39-25)28(29(35)36)24(31)10-14-32-12-6-15-41(32,37)38/h5,7-9,11,16-17,23-24,28H,3-4,6,10,12-15,18-20H2,1-2H3/p+1/t23-,24+,28-/m1/s1. The number of unbranched alkanes of at least 4 members (excludes halogenated alkanes) is 1. The highest BCUT2D eigenvalue weighted by Gasteiger charge is 2.48. The van der Waals surface area contributed by atoms with Gasteiger partial charge < -0.3 is 19.5 Å². The lowest BCUT2D eigenvalue weighted by Gasteiger charge is -2.30. The van der Waals surface area contributed by atoms with Crippen LogP contribution in [0.15, 0.2) is 42.7 Å². The van der Waals surface area contributed by atoms with E-state index in [0.717, 1.165) is 24.1 Å². The zero-order valence-corrected chi connectivity index (χ0v) is 24.5. The van der Waals surface area contributed by atoms with Crippen LogP contribution in [0.4, 0.5) is 5.69 Å². The van der Waals surface area contributed by atoms with Gasteiger partial charge in [-0.05, 0) is 43.0 Å². The molecule has 12 heteroatoms.